The largest absolute Gasteiger partial charge is 0.249 e. The predicted octanol–water partition coefficient (Wildman–Crippen LogP) is 3.84. The first-order chi connectivity index (χ1) is 6.75. The fourth-order valence-electron chi connectivity index (χ4n) is 0.962. The normalized spacial score (nSPS) is 11.3. The van der Waals surface area contributed by atoms with E-state index in [9.17, 15) is 0 Å². The van der Waals surface area contributed by atoms with Gasteiger partial charge >= 0.3 is 0 Å². The van der Waals surface area contributed by atoms with Gasteiger partial charge in [0.2, 0.25) is 0 Å². The molecule has 0 radical (unpaired) electrons. The van der Waals surface area contributed by atoms with Crippen molar-refractivity contribution >= 4 is 50.8 Å². The number of rotatable bonds is 2. The van der Waals surface area contributed by atoms with Crippen molar-refractivity contribution < 1.29 is 0 Å². The van der Waals surface area contributed by atoms with Crippen molar-refractivity contribution in [2.45, 2.75) is 6.92 Å². The molecule has 2 nitrogen and oxygen atoms in total. The van der Waals surface area contributed by atoms with Gasteiger partial charge in [0.15, 0.2) is 0 Å². The van der Waals surface area contributed by atoms with Crippen LogP contribution in [0, 0.1) is 6.92 Å². The average Bonchev–Trinajstić information content (AvgIpc) is 2.72. The SMILES string of the molecule is Cc1ncsc1/C=C/c1ncc(Br)s1. The minimum atomic E-state index is 1.00. The van der Waals surface area contributed by atoms with Crippen LogP contribution in [0.2, 0.25) is 0 Å². The molecule has 0 atom stereocenters. The number of hydrogen-bond acceptors (Lipinski definition) is 4. The average molecular weight is 287 g/mol. The Morgan fingerprint density at radius 3 is 2.79 bits per heavy atom. The van der Waals surface area contributed by atoms with E-state index in [0.29, 0.717) is 0 Å². The Hall–Kier alpha value is -0.520. The zero-order chi connectivity index (χ0) is 9.97. The number of nitrogens with zero attached hydrogens (tertiary/aromatic N) is 2. The highest BCUT2D eigenvalue weighted by Gasteiger charge is 1.97. The molecule has 2 heterocycles. The van der Waals surface area contributed by atoms with E-state index < -0.39 is 0 Å². The second-order valence-electron chi connectivity index (χ2n) is 2.64. The lowest BCUT2D eigenvalue weighted by atomic mass is 10.3. The summed E-state index contributed by atoms with van der Waals surface area (Å²) in [5.74, 6) is 0. The van der Waals surface area contributed by atoms with Crippen molar-refractivity contribution in [2.75, 3.05) is 0 Å². The minimum Gasteiger partial charge on any atom is -0.249 e. The summed E-state index contributed by atoms with van der Waals surface area (Å²) in [6.07, 6.45) is 5.87. The lowest BCUT2D eigenvalue weighted by molar-refractivity contribution is 1.26. The van der Waals surface area contributed by atoms with Crippen LogP contribution in [0.1, 0.15) is 15.6 Å². The molecule has 0 bridgehead atoms. The number of halogens is 1. The highest BCUT2D eigenvalue weighted by atomic mass is 79.9. The lowest BCUT2D eigenvalue weighted by Gasteiger charge is -1.85. The van der Waals surface area contributed by atoms with Gasteiger partial charge in [0.05, 0.1) is 21.2 Å². The monoisotopic (exact) mass is 286 g/mol. The standard InChI is InChI=1S/C9H7BrN2S2/c1-6-7(13-5-12-6)2-3-9-11-4-8(10)14-9/h2-5H,1H3/b3-2+. The maximum absolute atomic E-state index is 4.21. The van der Waals surface area contributed by atoms with Gasteiger partial charge in [-0.3, -0.25) is 0 Å². The summed E-state index contributed by atoms with van der Waals surface area (Å²) in [4.78, 5) is 9.58. The second-order valence-corrected chi connectivity index (χ2v) is 5.97. The van der Waals surface area contributed by atoms with Crippen molar-refractivity contribution in [3.05, 3.63) is 31.1 Å². The molecule has 5 heteroatoms. The first kappa shape index (κ1) is 10.0. The summed E-state index contributed by atoms with van der Waals surface area (Å²) < 4.78 is 1.05. The number of thiazole rings is 2. The van der Waals surface area contributed by atoms with E-state index in [4.69, 9.17) is 0 Å². The zero-order valence-corrected chi connectivity index (χ0v) is 10.6. The molecule has 0 fully saturated rings. The predicted molar refractivity (Wildman–Crippen MR) is 65.6 cm³/mol. The van der Waals surface area contributed by atoms with Crippen molar-refractivity contribution in [3.63, 3.8) is 0 Å². The third-order valence-electron chi connectivity index (χ3n) is 1.66. The van der Waals surface area contributed by atoms with E-state index in [2.05, 4.69) is 32.0 Å². The Balaban J connectivity index is 2.19. The van der Waals surface area contributed by atoms with Gasteiger partial charge in [0.25, 0.3) is 0 Å². The van der Waals surface area contributed by atoms with E-state index in [-0.39, 0.29) is 0 Å². The molecule has 0 aliphatic carbocycles. The van der Waals surface area contributed by atoms with Gasteiger partial charge in [0.1, 0.15) is 5.01 Å². The maximum Gasteiger partial charge on any atom is 0.117 e. The van der Waals surface area contributed by atoms with Gasteiger partial charge in [-0.25, -0.2) is 9.97 Å². The van der Waals surface area contributed by atoms with E-state index in [1.807, 2.05) is 24.7 Å². The van der Waals surface area contributed by atoms with Crippen molar-refractivity contribution in [3.8, 4) is 0 Å². The molecular weight excluding hydrogens is 280 g/mol. The molecule has 0 saturated carbocycles. The summed E-state index contributed by atoms with van der Waals surface area (Å²) >= 11 is 6.64. The van der Waals surface area contributed by atoms with E-state index in [0.717, 1.165) is 14.5 Å². The number of hydrogen-bond donors (Lipinski definition) is 0. The molecule has 0 unspecified atom stereocenters. The van der Waals surface area contributed by atoms with Gasteiger partial charge in [-0.15, -0.1) is 22.7 Å². The Bertz CT molecular complexity index is 459. The van der Waals surface area contributed by atoms with Gasteiger partial charge in [-0.2, -0.15) is 0 Å². The summed E-state index contributed by atoms with van der Waals surface area (Å²) in [5, 5.41) is 1.00. The molecule has 0 N–H and O–H groups in total. The molecule has 0 aromatic carbocycles. The second kappa shape index (κ2) is 4.33. The highest BCUT2D eigenvalue weighted by Crippen LogP contribution is 2.22. The van der Waals surface area contributed by atoms with Gasteiger partial charge in [-0.05, 0) is 35.0 Å². The van der Waals surface area contributed by atoms with Gasteiger partial charge < -0.3 is 0 Å². The fourth-order valence-corrected chi connectivity index (χ4v) is 2.80. The van der Waals surface area contributed by atoms with E-state index in [1.54, 1.807) is 22.7 Å². The summed E-state index contributed by atoms with van der Waals surface area (Å²) in [6.45, 7) is 2.01. The van der Waals surface area contributed by atoms with Crippen LogP contribution < -0.4 is 0 Å². The molecule has 0 spiro atoms. The third kappa shape index (κ3) is 2.29. The highest BCUT2D eigenvalue weighted by molar-refractivity contribution is 9.11. The van der Waals surface area contributed by atoms with Crippen LogP contribution in [0.3, 0.4) is 0 Å². The van der Waals surface area contributed by atoms with Crippen molar-refractivity contribution in [2.24, 2.45) is 0 Å². The van der Waals surface area contributed by atoms with Crippen LogP contribution in [-0.2, 0) is 0 Å². The number of aryl methyl sites for hydroxylation is 1. The Morgan fingerprint density at radius 2 is 2.21 bits per heavy atom. The molecule has 2 aromatic heterocycles. The summed E-state index contributed by atoms with van der Waals surface area (Å²) in [7, 11) is 0. The first-order valence-corrected chi connectivity index (χ1v) is 6.44. The zero-order valence-electron chi connectivity index (χ0n) is 7.40. The molecule has 0 aliphatic heterocycles. The minimum absolute atomic E-state index is 1.00. The quantitative estimate of drug-likeness (QED) is 0.838. The van der Waals surface area contributed by atoms with Crippen LogP contribution in [0.5, 0.6) is 0 Å². The van der Waals surface area contributed by atoms with Crippen LogP contribution in [0.15, 0.2) is 15.5 Å². The van der Waals surface area contributed by atoms with Gasteiger partial charge in [0, 0.05) is 4.88 Å². The third-order valence-corrected chi connectivity index (χ3v) is 3.99. The van der Waals surface area contributed by atoms with Crippen LogP contribution in [0.4, 0.5) is 0 Å². The van der Waals surface area contributed by atoms with Crippen molar-refractivity contribution in [1.82, 2.24) is 9.97 Å². The molecule has 2 rings (SSSR count). The Morgan fingerprint density at radius 1 is 1.36 bits per heavy atom. The summed E-state index contributed by atoms with van der Waals surface area (Å²) in [6, 6.07) is 0. The molecule has 0 amide bonds. The molecule has 0 aliphatic rings. The topological polar surface area (TPSA) is 25.8 Å². The maximum atomic E-state index is 4.21. The van der Waals surface area contributed by atoms with Crippen LogP contribution in [-0.4, -0.2) is 9.97 Å². The first-order valence-electron chi connectivity index (χ1n) is 3.95. The molecule has 2 aromatic rings. The Kier molecular flexibility index (Phi) is 3.10. The lowest BCUT2D eigenvalue weighted by Crippen LogP contribution is -1.71. The number of aromatic nitrogens is 2. The molecule has 72 valence electrons. The molecule has 14 heavy (non-hydrogen) atoms. The molecular formula is C9H7BrN2S2. The fraction of sp³-hybridized carbons (Fsp3) is 0.111. The van der Waals surface area contributed by atoms with Crippen LogP contribution >= 0.6 is 38.6 Å². The Labute approximate surface area is 98.5 Å². The summed E-state index contributed by atoms with van der Waals surface area (Å²) in [5.41, 5.74) is 2.93. The smallest absolute Gasteiger partial charge is 0.117 e. The van der Waals surface area contributed by atoms with Crippen LogP contribution in [0.25, 0.3) is 12.2 Å². The van der Waals surface area contributed by atoms with Gasteiger partial charge in [-0.1, -0.05) is 0 Å². The molecule has 0 saturated heterocycles. The van der Waals surface area contributed by atoms with E-state index >= 15 is 0 Å². The van der Waals surface area contributed by atoms with Crippen molar-refractivity contribution in [1.29, 1.82) is 0 Å². The van der Waals surface area contributed by atoms with E-state index in [1.165, 1.54) is 4.88 Å².